The molecule has 1 aromatic rings. The second-order valence-electron chi connectivity index (χ2n) is 2.86. The van der Waals surface area contributed by atoms with Crippen molar-refractivity contribution in [2.24, 2.45) is 0 Å². The number of hydrogen-bond acceptors (Lipinski definition) is 3. The van der Waals surface area contributed by atoms with Gasteiger partial charge in [-0.05, 0) is 11.4 Å². The summed E-state index contributed by atoms with van der Waals surface area (Å²) in [6, 6.07) is 1.46. The molecule has 1 fully saturated rings. The van der Waals surface area contributed by atoms with E-state index in [2.05, 4.69) is 5.32 Å². The maximum atomic E-state index is 11.2. The minimum Gasteiger partial charge on any atom is -0.329 e. The van der Waals surface area contributed by atoms with Crippen LogP contribution in [0.5, 0.6) is 0 Å². The Bertz CT molecular complexity index is 374. The van der Waals surface area contributed by atoms with E-state index in [1.165, 1.54) is 11.3 Å². The molecule has 14 heavy (non-hydrogen) atoms. The average Bonchev–Trinajstić information content (AvgIpc) is 2.67. The number of rotatable bonds is 2. The first kappa shape index (κ1) is 9.48. The number of nitrogens with one attached hydrogen (secondary N) is 1. The highest BCUT2D eigenvalue weighted by Crippen LogP contribution is 2.24. The molecule has 0 atom stereocenters. The maximum absolute atomic E-state index is 11.2. The predicted octanol–water partition coefficient (Wildman–Crippen LogP) is 1.45. The van der Waals surface area contributed by atoms with Crippen LogP contribution in [0.4, 0.5) is 4.79 Å². The maximum Gasteiger partial charge on any atom is 0.324 e. The summed E-state index contributed by atoms with van der Waals surface area (Å²) in [5.41, 5.74) is 0.807. The van der Waals surface area contributed by atoms with Crippen LogP contribution >= 0.6 is 22.9 Å². The Hall–Kier alpha value is -1.07. The van der Waals surface area contributed by atoms with Crippen molar-refractivity contribution in [1.29, 1.82) is 0 Å². The van der Waals surface area contributed by atoms with Crippen LogP contribution in [0.3, 0.4) is 0 Å². The van der Waals surface area contributed by atoms with E-state index in [9.17, 15) is 9.59 Å². The van der Waals surface area contributed by atoms with Gasteiger partial charge in [-0.2, -0.15) is 0 Å². The van der Waals surface area contributed by atoms with Crippen LogP contribution < -0.4 is 5.32 Å². The van der Waals surface area contributed by atoms with Gasteiger partial charge < -0.3 is 5.32 Å². The first-order chi connectivity index (χ1) is 6.68. The number of thiophene rings is 1. The van der Waals surface area contributed by atoms with Gasteiger partial charge in [-0.15, -0.1) is 11.3 Å². The molecule has 74 valence electrons. The zero-order valence-corrected chi connectivity index (χ0v) is 8.69. The van der Waals surface area contributed by atoms with E-state index >= 15 is 0 Å². The highest BCUT2D eigenvalue weighted by molar-refractivity contribution is 7.14. The molecule has 6 heteroatoms. The first-order valence-electron chi connectivity index (χ1n) is 3.98. The summed E-state index contributed by atoms with van der Waals surface area (Å²) in [4.78, 5) is 23.6. The molecule has 0 aliphatic carbocycles. The average molecular weight is 231 g/mol. The molecule has 0 saturated carbocycles. The first-order valence-corrected chi connectivity index (χ1v) is 5.24. The standard InChI is InChI=1S/C8H7ClN2O2S/c9-7-5(1-2-14-7)4-11-6(12)3-10-8(11)13/h1-2H,3-4H2,(H,10,13). The molecule has 1 aliphatic rings. The van der Waals surface area contributed by atoms with Gasteiger partial charge >= 0.3 is 6.03 Å². The van der Waals surface area contributed by atoms with E-state index in [1.807, 2.05) is 11.4 Å². The number of carbonyl (C=O) groups excluding carboxylic acids is 2. The van der Waals surface area contributed by atoms with E-state index in [1.54, 1.807) is 0 Å². The Labute approximate surface area is 89.5 Å². The van der Waals surface area contributed by atoms with Crippen LogP contribution in [0.25, 0.3) is 0 Å². The molecule has 2 heterocycles. The molecule has 0 radical (unpaired) electrons. The molecule has 1 aromatic heterocycles. The summed E-state index contributed by atoms with van der Waals surface area (Å²) in [6.07, 6.45) is 0. The number of urea groups is 1. The molecular weight excluding hydrogens is 224 g/mol. The summed E-state index contributed by atoms with van der Waals surface area (Å²) in [5, 5.41) is 4.28. The van der Waals surface area contributed by atoms with Gasteiger partial charge in [0.15, 0.2) is 0 Å². The van der Waals surface area contributed by atoms with Gasteiger partial charge in [0.2, 0.25) is 5.91 Å². The minimum atomic E-state index is -0.350. The van der Waals surface area contributed by atoms with Crippen molar-refractivity contribution in [2.75, 3.05) is 6.54 Å². The Morgan fingerprint density at radius 2 is 2.36 bits per heavy atom. The molecule has 1 saturated heterocycles. The predicted molar refractivity (Wildman–Crippen MR) is 53.3 cm³/mol. The molecular formula is C8H7ClN2O2S. The summed E-state index contributed by atoms with van der Waals surface area (Å²) >= 11 is 7.25. The lowest BCUT2D eigenvalue weighted by molar-refractivity contribution is -0.125. The summed E-state index contributed by atoms with van der Waals surface area (Å²) in [6.45, 7) is 0.341. The number of carbonyl (C=O) groups is 2. The fourth-order valence-corrected chi connectivity index (χ4v) is 2.13. The second kappa shape index (κ2) is 3.59. The highest BCUT2D eigenvalue weighted by atomic mass is 35.5. The number of amides is 3. The Morgan fingerprint density at radius 1 is 1.57 bits per heavy atom. The van der Waals surface area contributed by atoms with Crippen LogP contribution in [0, 0.1) is 0 Å². The summed E-state index contributed by atoms with van der Waals surface area (Å²) < 4.78 is 0.623. The Kier molecular flexibility index (Phi) is 2.43. The van der Waals surface area contributed by atoms with Crippen molar-refractivity contribution >= 4 is 34.9 Å². The molecule has 0 bridgehead atoms. The lowest BCUT2D eigenvalue weighted by Crippen LogP contribution is -2.30. The lowest BCUT2D eigenvalue weighted by Gasteiger charge is -2.10. The van der Waals surface area contributed by atoms with Crippen molar-refractivity contribution in [1.82, 2.24) is 10.2 Å². The van der Waals surface area contributed by atoms with Gasteiger partial charge in [0, 0.05) is 5.56 Å². The topological polar surface area (TPSA) is 49.4 Å². The highest BCUT2D eigenvalue weighted by Gasteiger charge is 2.28. The largest absolute Gasteiger partial charge is 0.329 e. The van der Waals surface area contributed by atoms with Crippen molar-refractivity contribution in [3.63, 3.8) is 0 Å². The smallest absolute Gasteiger partial charge is 0.324 e. The quantitative estimate of drug-likeness (QED) is 0.782. The number of imide groups is 1. The van der Waals surface area contributed by atoms with Crippen molar-refractivity contribution in [2.45, 2.75) is 6.54 Å². The SMILES string of the molecule is O=C1CNC(=O)N1Cc1ccsc1Cl. The van der Waals surface area contributed by atoms with Crippen LogP contribution in [0.1, 0.15) is 5.56 Å². The fourth-order valence-electron chi connectivity index (χ4n) is 1.22. The normalized spacial score (nSPS) is 16.2. The van der Waals surface area contributed by atoms with Crippen LogP contribution in [-0.2, 0) is 11.3 Å². The third kappa shape index (κ3) is 1.60. The van der Waals surface area contributed by atoms with Gasteiger partial charge in [-0.3, -0.25) is 9.69 Å². The number of nitrogens with zero attached hydrogens (tertiary/aromatic N) is 1. The van der Waals surface area contributed by atoms with Gasteiger partial charge in [0.05, 0.1) is 17.4 Å². The third-order valence-electron chi connectivity index (χ3n) is 1.96. The molecule has 3 amide bonds. The zero-order chi connectivity index (χ0) is 10.1. The van der Waals surface area contributed by atoms with E-state index in [-0.39, 0.29) is 25.0 Å². The van der Waals surface area contributed by atoms with E-state index in [0.29, 0.717) is 4.34 Å². The number of hydrogen-bond donors (Lipinski definition) is 1. The van der Waals surface area contributed by atoms with Crippen LogP contribution in [0.2, 0.25) is 4.34 Å². The van der Waals surface area contributed by atoms with Crippen molar-refractivity contribution in [3.05, 3.63) is 21.3 Å². The van der Waals surface area contributed by atoms with Gasteiger partial charge in [-0.25, -0.2) is 4.79 Å². The Morgan fingerprint density at radius 3 is 2.86 bits per heavy atom. The van der Waals surface area contributed by atoms with Gasteiger partial charge in [-0.1, -0.05) is 11.6 Å². The van der Waals surface area contributed by atoms with E-state index in [0.717, 1.165) is 10.5 Å². The fraction of sp³-hybridized carbons (Fsp3) is 0.250. The minimum absolute atomic E-state index is 0.0839. The molecule has 0 unspecified atom stereocenters. The van der Waals surface area contributed by atoms with Crippen LogP contribution in [0.15, 0.2) is 11.4 Å². The summed E-state index contributed by atoms with van der Waals surface area (Å²) in [5.74, 6) is -0.211. The lowest BCUT2D eigenvalue weighted by atomic mass is 10.3. The van der Waals surface area contributed by atoms with E-state index < -0.39 is 0 Å². The Balaban J connectivity index is 2.15. The number of halogens is 1. The van der Waals surface area contributed by atoms with Gasteiger partial charge in [0.1, 0.15) is 0 Å². The van der Waals surface area contributed by atoms with Gasteiger partial charge in [0.25, 0.3) is 0 Å². The van der Waals surface area contributed by atoms with Crippen LogP contribution in [-0.4, -0.2) is 23.4 Å². The molecule has 1 aliphatic heterocycles. The molecule has 0 spiro atoms. The molecule has 4 nitrogen and oxygen atoms in total. The second-order valence-corrected chi connectivity index (χ2v) is 4.38. The van der Waals surface area contributed by atoms with Crippen molar-refractivity contribution < 1.29 is 9.59 Å². The molecule has 2 rings (SSSR count). The third-order valence-corrected chi connectivity index (χ3v) is 3.21. The van der Waals surface area contributed by atoms with Crippen molar-refractivity contribution in [3.8, 4) is 0 Å². The summed E-state index contributed by atoms with van der Waals surface area (Å²) in [7, 11) is 0. The molecule has 1 N–H and O–H groups in total. The monoisotopic (exact) mass is 230 g/mol. The zero-order valence-electron chi connectivity index (χ0n) is 7.12. The van der Waals surface area contributed by atoms with E-state index in [4.69, 9.17) is 11.6 Å². The molecule has 0 aromatic carbocycles.